The monoisotopic (exact) mass is 749 g/mol. The van der Waals surface area contributed by atoms with Crippen LogP contribution in [0.3, 0.4) is 0 Å². The van der Waals surface area contributed by atoms with Crippen molar-refractivity contribution in [1.82, 2.24) is 15.0 Å². The second kappa shape index (κ2) is 12.6. The minimum absolute atomic E-state index is 0.0947. The molecule has 1 saturated carbocycles. The number of aromatic nitrogens is 3. The molecule has 8 aromatic rings. The summed E-state index contributed by atoms with van der Waals surface area (Å²) in [6.07, 6.45) is 12.0. The number of hydrogen-bond acceptors (Lipinski definition) is 4. The summed E-state index contributed by atoms with van der Waals surface area (Å²) < 4.78 is 6.68. The summed E-state index contributed by atoms with van der Waals surface area (Å²) in [6, 6.07) is 49.7. The Bertz CT molecular complexity index is 2960. The van der Waals surface area contributed by atoms with E-state index in [1.54, 1.807) is 11.1 Å². The van der Waals surface area contributed by atoms with Crippen molar-refractivity contribution in [2.75, 3.05) is 0 Å². The van der Waals surface area contributed by atoms with Crippen molar-refractivity contribution in [1.29, 1.82) is 0 Å². The first-order chi connectivity index (χ1) is 28.5. The molecule has 0 radical (unpaired) electrons. The van der Waals surface area contributed by atoms with Crippen LogP contribution < -0.4 is 0 Å². The Kier molecular flexibility index (Phi) is 7.30. The van der Waals surface area contributed by atoms with Gasteiger partial charge in [-0.15, -0.1) is 0 Å². The summed E-state index contributed by atoms with van der Waals surface area (Å²) in [5.41, 5.74) is 15.9. The second-order valence-corrected chi connectivity index (χ2v) is 17.4. The minimum Gasteiger partial charge on any atom is -0.455 e. The van der Waals surface area contributed by atoms with Crippen LogP contribution in [0.25, 0.3) is 72.8 Å². The van der Waals surface area contributed by atoms with Gasteiger partial charge in [0.1, 0.15) is 11.2 Å². The van der Waals surface area contributed by atoms with E-state index < -0.39 is 0 Å². The zero-order valence-electron chi connectivity index (χ0n) is 32.9. The molecule has 0 N–H and O–H groups in total. The third kappa shape index (κ3) is 4.90. The molecular weight excluding hydrogens is 707 g/mol. The standard InChI is InChI=1S/C54H43N3O/c1-53(2)45-30-36(23-25-38(45)41-32-47-42(31-46(41)53)37-19-10-11-22-44(37)54(47)27-12-5-13-28-54)35-24-26-48-43(29-35)39-20-14-21-40(49(39)58-48)52-56-50(33-15-6-3-7-16-33)55-51(57-52)34-17-8-4-9-18-34/h3-4,6-11,14-26,29-32,42,47H,5,12-13,27-28H2,1-2H3. The average molecular weight is 750 g/mol. The van der Waals surface area contributed by atoms with Gasteiger partial charge in [0.15, 0.2) is 17.5 Å². The van der Waals surface area contributed by atoms with Crippen molar-refractivity contribution in [2.24, 2.45) is 5.92 Å². The second-order valence-electron chi connectivity index (χ2n) is 17.4. The maximum Gasteiger partial charge on any atom is 0.167 e. The molecule has 280 valence electrons. The van der Waals surface area contributed by atoms with Crippen molar-refractivity contribution in [3.63, 3.8) is 0 Å². The largest absolute Gasteiger partial charge is 0.455 e. The molecule has 0 amide bonds. The molecule has 0 saturated heterocycles. The number of allylic oxidation sites excluding steroid dienone is 4. The molecule has 2 aromatic heterocycles. The van der Waals surface area contributed by atoms with Gasteiger partial charge in [0.25, 0.3) is 0 Å². The third-order valence-corrected chi connectivity index (χ3v) is 14.0. The summed E-state index contributed by atoms with van der Waals surface area (Å²) in [7, 11) is 0. The fourth-order valence-corrected chi connectivity index (χ4v) is 11.2. The Morgan fingerprint density at radius 2 is 1.21 bits per heavy atom. The fraction of sp³-hybridized carbons (Fsp3) is 0.204. The predicted octanol–water partition coefficient (Wildman–Crippen LogP) is 13.7. The van der Waals surface area contributed by atoms with Gasteiger partial charge in [0.2, 0.25) is 0 Å². The summed E-state index contributed by atoms with van der Waals surface area (Å²) in [6.45, 7) is 4.86. The first-order valence-electron chi connectivity index (χ1n) is 21.0. The molecule has 6 aromatic carbocycles. The van der Waals surface area contributed by atoms with E-state index in [1.807, 2.05) is 60.7 Å². The quantitative estimate of drug-likeness (QED) is 0.180. The summed E-state index contributed by atoms with van der Waals surface area (Å²) in [4.78, 5) is 15.0. The van der Waals surface area contributed by atoms with E-state index in [2.05, 4.69) is 105 Å². The van der Waals surface area contributed by atoms with E-state index in [0.717, 1.165) is 38.6 Å². The lowest BCUT2D eigenvalue weighted by atomic mass is 9.62. The van der Waals surface area contributed by atoms with E-state index in [0.29, 0.717) is 29.3 Å². The van der Waals surface area contributed by atoms with E-state index in [9.17, 15) is 0 Å². The molecule has 4 aliphatic carbocycles. The molecule has 2 atom stereocenters. The van der Waals surface area contributed by atoms with Crippen molar-refractivity contribution >= 4 is 27.5 Å². The first kappa shape index (κ1) is 33.7. The maximum atomic E-state index is 6.68. The summed E-state index contributed by atoms with van der Waals surface area (Å²) in [5.74, 6) is 2.83. The van der Waals surface area contributed by atoms with Crippen molar-refractivity contribution in [3.05, 3.63) is 180 Å². The van der Waals surface area contributed by atoms with Crippen LogP contribution in [-0.4, -0.2) is 15.0 Å². The zero-order chi connectivity index (χ0) is 38.6. The molecule has 12 rings (SSSR count). The van der Waals surface area contributed by atoms with Gasteiger partial charge in [-0.2, -0.15) is 0 Å². The van der Waals surface area contributed by atoms with Crippen LogP contribution in [-0.2, 0) is 10.8 Å². The molecule has 4 heteroatoms. The van der Waals surface area contributed by atoms with Crippen LogP contribution in [0.4, 0.5) is 0 Å². The Labute approximate surface area is 339 Å². The van der Waals surface area contributed by atoms with Gasteiger partial charge in [-0.1, -0.05) is 161 Å². The Hall–Kier alpha value is -6.39. The Balaban J connectivity index is 0.948. The van der Waals surface area contributed by atoms with Crippen molar-refractivity contribution in [2.45, 2.75) is 62.7 Å². The van der Waals surface area contributed by atoms with E-state index >= 15 is 0 Å². The number of para-hydroxylation sites is 1. The molecule has 0 bridgehead atoms. The highest BCUT2D eigenvalue weighted by molar-refractivity contribution is 6.10. The van der Waals surface area contributed by atoms with Crippen LogP contribution >= 0.6 is 0 Å². The van der Waals surface area contributed by atoms with Crippen LogP contribution in [0, 0.1) is 5.92 Å². The van der Waals surface area contributed by atoms with Crippen LogP contribution in [0.5, 0.6) is 0 Å². The van der Waals surface area contributed by atoms with Gasteiger partial charge in [-0.3, -0.25) is 0 Å². The van der Waals surface area contributed by atoms with Gasteiger partial charge >= 0.3 is 0 Å². The molecule has 2 unspecified atom stereocenters. The average Bonchev–Trinajstić information content (AvgIpc) is 3.86. The Morgan fingerprint density at radius 3 is 1.97 bits per heavy atom. The van der Waals surface area contributed by atoms with Crippen LogP contribution in [0.2, 0.25) is 0 Å². The molecule has 0 aliphatic heterocycles. The van der Waals surface area contributed by atoms with E-state index in [1.165, 1.54) is 65.5 Å². The highest BCUT2D eigenvalue weighted by Crippen LogP contribution is 2.64. The number of fused-ring (bicyclic) bond motifs is 11. The lowest BCUT2D eigenvalue weighted by Crippen LogP contribution is -2.35. The van der Waals surface area contributed by atoms with Gasteiger partial charge in [-0.25, -0.2) is 15.0 Å². The number of nitrogens with zero attached hydrogens (tertiary/aromatic N) is 3. The van der Waals surface area contributed by atoms with Crippen molar-refractivity contribution in [3.8, 4) is 45.3 Å². The number of hydrogen-bond donors (Lipinski definition) is 0. The maximum absolute atomic E-state index is 6.68. The summed E-state index contributed by atoms with van der Waals surface area (Å²) in [5, 5.41) is 2.13. The van der Waals surface area contributed by atoms with Gasteiger partial charge in [-0.05, 0) is 87.6 Å². The molecular formula is C54H43N3O. The minimum atomic E-state index is -0.0947. The Morgan fingerprint density at radius 1 is 0.534 bits per heavy atom. The van der Waals surface area contributed by atoms with Gasteiger partial charge in [0.05, 0.1) is 5.56 Å². The molecule has 4 nitrogen and oxygen atoms in total. The van der Waals surface area contributed by atoms with Crippen LogP contribution in [0.15, 0.2) is 162 Å². The lowest BCUT2D eigenvalue weighted by Gasteiger charge is -2.41. The number of furan rings is 1. The highest BCUT2D eigenvalue weighted by Gasteiger charge is 2.53. The molecule has 58 heavy (non-hydrogen) atoms. The predicted molar refractivity (Wildman–Crippen MR) is 235 cm³/mol. The normalized spacial score (nSPS) is 19.7. The SMILES string of the molecule is CC1(C)C2=CC3c4ccccc4C4(CCCCC4)C3C=C2c2ccc(-c3ccc4oc5c(-c6nc(-c7ccccc7)nc(-c7ccccc7)n6)cccc5c4c3)cc21. The van der Waals surface area contributed by atoms with E-state index in [-0.39, 0.29) is 10.8 Å². The van der Waals surface area contributed by atoms with Crippen molar-refractivity contribution < 1.29 is 4.42 Å². The van der Waals surface area contributed by atoms with Gasteiger partial charge in [0, 0.05) is 38.6 Å². The number of rotatable bonds is 4. The van der Waals surface area contributed by atoms with Crippen LogP contribution in [0.1, 0.15) is 74.1 Å². The van der Waals surface area contributed by atoms with E-state index in [4.69, 9.17) is 19.4 Å². The molecule has 1 fully saturated rings. The van der Waals surface area contributed by atoms with Gasteiger partial charge < -0.3 is 4.42 Å². The molecule has 4 aliphatic rings. The topological polar surface area (TPSA) is 51.8 Å². The zero-order valence-corrected chi connectivity index (χ0v) is 32.9. The third-order valence-electron chi connectivity index (χ3n) is 14.0. The fourth-order valence-electron chi connectivity index (χ4n) is 11.2. The summed E-state index contributed by atoms with van der Waals surface area (Å²) >= 11 is 0. The first-order valence-corrected chi connectivity index (χ1v) is 21.0. The molecule has 2 heterocycles. The number of benzene rings is 6. The lowest BCUT2D eigenvalue weighted by molar-refractivity contribution is 0.233. The molecule has 1 spiro atoms. The smallest absolute Gasteiger partial charge is 0.167 e. The highest BCUT2D eigenvalue weighted by atomic mass is 16.3.